The van der Waals surface area contributed by atoms with Crippen LogP contribution in [0.3, 0.4) is 0 Å². The number of carbonyl (C=O) groups is 1. The van der Waals surface area contributed by atoms with Crippen LogP contribution in [0.4, 0.5) is 0 Å². The Morgan fingerprint density at radius 3 is 2.83 bits per heavy atom. The van der Waals surface area contributed by atoms with Crippen molar-refractivity contribution in [3.8, 4) is 5.69 Å². The first-order valence-electron chi connectivity index (χ1n) is 8.66. The fourth-order valence-corrected chi connectivity index (χ4v) is 3.30. The molecule has 1 saturated heterocycles. The summed E-state index contributed by atoms with van der Waals surface area (Å²) in [5.74, 6) is -0.0558. The Morgan fingerprint density at radius 1 is 1.38 bits per heavy atom. The molecule has 128 valence electrons. The molecule has 1 aliphatic rings. The van der Waals surface area contributed by atoms with Crippen LogP contribution in [0, 0.1) is 13.8 Å². The molecule has 3 rings (SSSR count). The highest BCUT2D eigenvalue weighted by atomic mass is 16.5. The first-order valence-corrected chi connectivity index (χ1v) is 8.66. The van der Waals surface area contributed by atoms with Gasteiger partial charge in [-0.05, 0) is 44.7 Å². The number of hydrogen-bond donors (Lipinski definition) is 1. The number of rotatable bonds is 5. The van der Waals surface area contributed by atoms with Crippen molar-refractivity contribution in [2.75, 3.05) is 13.2 Å². The molecule has 1 aromatic heterocycles. The zero-order valence-corrected chi connectivity index (χ0v) is 14.6. The molecule has 0 unspecified atom stereocenters. The third-order valence-corrected chi connectivity index (χ3v) is 4.58. The lowest BCUT2D eigenvalue weighted by Gasteiger charge is -2.12. The van der Waals surface area contributed by atoms with Crippen molar-refractivity contribution < 1.29 is 9.53 Å². The Hall–Kier alpha value is -2.14. The SMILES string of the molecule is CCc1c(C(=O)NC[C@@H]2CCCO2)c(C)nn1-c1ccccc1C. The van der Waals surface area contributed by atoms with Gasteiger partial charge >= 0.3 is 0 Å². The first-order chi connectivity index (χ1) is 11.6. The van der Waals surface area contributed by atoms with Gasteiger partial charge in [0.05, 0.1) is 28.7 Å². The number of aryl methyl sites for hydroxylation is 2. The van der Waals surface area contributed by atoms with E-state index in [0.29, 0.717) is 12.1 Å². The predicted molar refractivity (Wildman–Crippen MR) is 93.7 cm³/mol. The van der Waals surface area contributed by atoms with Crippen LogP contribution in [0.5, 0.6) is 0 Å². The number of amides is 1. The molecule has 1 amide bonds. The lowest BCUT2D eigenvalue weighted by Crippen LogP contribution is -2.32. The van der Waals surface area contributed by atoms with Crippen LogP contribution in [0.15, 0.2) is 24.3 Å². The normalized spacial score (nSPS) is 17.2. The molecule has 0 aliphatic carbocycles. The Morgan fingerprint density at radius 2 is 2.17 bits per heavy atom. The Bertz CT molecular complexity index is 730. The van der Waals surface area contributed by atoms with Crippen molar-refractivity contribution in [2.45, 2.75) is 46.1 Å². The standard InChI is InChI=1S/C19H25N3O2/c1-4-16-18(19(23)20-12-15-9-7-11-24-15)14(3)21-22(16)17-10-6-5-8-13(17)2/h5-6,8,10,15H,4,7,9,11-12H2,1-3H3,(H,20,23)/t15-/m0/s1. The summed E-state index contributed by atoms with van der Waals surface area (Å²) in [6.07, 6.45) is 2.98. The Balaban J connectivity index is 1.88. The average molecular weight is 327 g/mol. The van der Waals surface area contributed by atoms with Crippen molar-refractivity contribution in [1.82, 2.24) is 15.1 Å². The summed E-state index contributed by atoms with van der Waals surface area (Å²) in [6, 6.07) is 8.10. The minimum absolute atomic E-state index is 0.0558. The Labute approximate surface area is 143 Å². The van der Waals surface area contributed by atoms with E-state index in [-0.39, 0.29) is 12.0 Å². The number of ether oxygens (including phenoxy) is 1. The number of carbonyl (C=O) groups excluding carboxylic acids is 1. The van der Waals surface area contributed by atoms with Crippen LogP contribution in [0.2, 0.25) is 0 Å². The van der Waals surface area contributed by atoms with Crippen molar-refractivity contribution in [3.05, 3.63) is 46.8 Å². The van der Waals surface area contributed by atoms with Gasteiger partial charge in [0.2, 0.25) is 0 Å². The third kappa shape index (κ3) is 3.22. The number of nitrogens with zero attached hydrogens (tertiary/aromatic N) is 2. The van der Waals surface area contributed by atoms with E-state index in [1.54, 1.807) is 0 Å². The van der Waals surface area contributed by atoms with E-state index in [2.05, 4.69) is 30.3 Å². The fourth-order valence-electron chi connectivity index (χ4n) is 3.30. The van der Waals surface area contributed by atoms with Crippen LogP contribution >= 0.6 is 0 Å². The second kappa shape index (κ2) is 7.18. The molecule has 1 aliphatic heterocycles. The van der Waals surface area contributed by atoms with E-state index in [1.807, 2.05) is 29.8 Å². The molecule has 1 aromatic carbocycles. The average Bonchev–Trinajstić information content (AvgIpc) is 3.20. The molecule has 0 radical (unpaired) electrons. The minimum atomic E-state index is -0.0558. The van der Waals surface area contributed by atoms with Crippen LogP contribution in [-0.4, -0.2) is 34.9 Å². The molecule has 1 N–H and O–H groups in total. The van der Waals surface area contributed by atoms with Crippen molar-refractivity contribution >= 4 is 5.91 Å². The minimum Gasteiger partial charge on any atom is -0.376 e. The lowest BCUT2D eigenvalue weighted by molar-refractivity contribution is 0.0856. The van der Waals surface area contributed by atoms with Gasteiger partial charge in [-0.1, -0.05) is 25.1 Å². The summed E-state index contributed by atoms with van der Waals surface area (Å²) >= 11 is 0. The molecule has 0 spiro atoms. The van der Waals surface area contributed by atoms with Gasteiger partial charge in [-0.25, -0.2) is 4.68 Å². The summed E-state index contributed by atoms with van der Waals surface area (Å²) in [4.78, 5) is 12.7. The maximum atomic E-state index is 12.7. The van der Waals surface area contributed by atoms with E-state index in [9.17, 15) is 4.79 Å². The molecule has 24 heavy (non-hydrogen) atoms. The number of benzene rings is 1. The molecule has 2 aromatic rings. The van der Waals surface area contributed by atoms with E-state index in [4.69, 9.17) is 4.74 Å². The Kier molecular flexibility index (Phi) is 5.00. The fraction of sp³-hybridized carbons (Fsp3) is 0.474. The number of nitrogens with one attached hydrogen (secondary N) is 1. The van der Waals surface area contributed by atoms with E-state index in [1.165, 1.54) is 0 Å². The molecular formula is C19H25N3O2. The highest BCUT2D eigenvalue weighted by Crippen LogP contribution is 2.22. The zero-order chi connectivity index (χ0) is 17.1. The maximum Gasteiger partial charge on any atom is 0.255 e. The predicted octanol–water partition coefficient (Wildman–Crippen LogP) is 2.96. The zero-order valence-electron chi connectivity index (χ0n) is 14.6. The molecule has 5 heteroatoms. The van der Waals surface area contributed by atoms with Gasteiger partial charge in [0.15, 0.2) is 0 Å². The summed E-state index contributed by atoms with van der Waals surface area (Å²) in [7, 11) is 0. The van der Waals surface area contributed by atoms with Crippen LogP contribution in [0.1, 0.15) is 47.1 Å². The monoisotopic (exact) mass is 327 g/mol. The highest BCUT2D eigenvalue weighted by molar-refractivity contribution is 5.96. The van der Waals surface area contributed by atoms with E-state index >= 15 is 0 Å². The van der Waals surface area contributed by atoms with Crippen molar-refractivity contribution in [3.63, 3.8) is 0 Å². The maximum absolute atomic E-state index is 12.7. The summed E-state index contributed by atoms with van der Waals surface area (Å²) < 4.78 is 7.49. The van der Waals surface area contributed by atoms with Gasteiger partial charge in [-0.15, -0.1) is 0 Å². The molecular weight excluding hydrogens is 302 g/mol. The van der Waals surface area contributed by atoms with Crippen LogP contribution in [-0.2, 0) is 11.2 Å². The smallest absolute Gasteiger partial charge is 0.255 e. The van der Waals surface area contributed by atoms with Gasteiger partial charge in [0, 0.05) is 13.2 Å². The lowest BCUT2D eigenvalue weighted by atomic mass is 10.1. The van der Waals surface area contributed by atoms with Gasteiger partial charge in [0.1, 0.15) is 0 Å². The number of hydrogen-bond acceptors (Lipinski definition) is 3. The van der Waals surface area contributed by atoms with Gasteiger partial charge < -0.3 is 10.1 Å². The molecule has 5 nitrogen and oxygen atoms in total. The van der Waals surface area contributed by atoms with Gasteiger partial charge in [-0.2, -0.15) is 5.10 Å². The highest BCUT2D eigenvalue weighted by Gasteiger charge is 2.23. The molecule has 1 fully saturated rings. The number of aromatic nitrogens is 2. The summed E-state index contributed by atoms with van der Waals surface area (Å²) in [6.45, 7) is 7.38. The molecule has 2 heterocycles. The molecule has 0 bridgehead atoms. The largest absolute Gasteiger partial charge is 0.376 e. The van der Waals surface area contributed by atoms with Gasteiger partial charge in [-0.3, -0.25) is 4.79 Å². The van der Waals surface area contributed by atoms with E-state index in [0.717, 1.165) is 48.5 Å². The number of para-hydroxylation sites is 1. The summed E-state index contributed by atoms with van der Waals surface area (Å²) in [5, 5.41) is 7.66. The summed E-state index contributed by atoms with van der Waals surface area (Å²) in [5.41, 5.74) is 4.57. The molecule has 1 atom stereocenters. The first kappa shape index (κ1) is 16.7. The second-order valence-electron chi connectivity index (χ2n) is 6.30. The quantitative estimate of drug-likeness (QED) is 0.918. The van der Waals surface area contributed by atoms with Crippen molar-refractivity contribution in [2.24, 2.45) is 0 Å². The van der Waals surface area contributed by atoms with Crippen LogP contribution in [0.25, 0.3) is 5.69 Å². The second-order valence-corrected chi connectivity index (χ2v) is 6.30. The third-order valence-electron chi connectivity index (χ3n) is 4.58. The topological polar surface area (TPSA) is 56.1 Å². The molecule has 0 saturated carbocycles. The van der Waals surface area contributed by atoms with Gasteiger partial charge in [0.25, 0.3) is 5.91 Å². The van der Waals surface area contributed by atoms with Crippen molar-refractivity contribution in [1.29, 1.82) is 0 Å². The van der Waals surface area contributed by atoms with E-state index < -0.39 is 0 Å². The van der Waals surface area contributed by atoms with Crippen LogP contribution < -0.4 is 5.32 Å².